The number of carbonyl (C=O) groups excluding carboxylic acids is 2. The van der Waals surface area contributed by atoms with Crippen molar-refractivity contribution in [1.29, 1.82) is 0 Å². The van der Waals surface area contributed by atoms with Crippen molar-refractivity contribution >= 4 is 69.4 Å². The SMILES string of the molecule is COc1cc(/C=C2/SC(=Nc3ccc(C)cc3)NC2=O)ccc1OCC(=O)Nc1ccc(Cl)c(Cl)c1. The zero-order valence-corrected chi connectivity index (χ0v) is 21.6. The number of benzene rings is 3. The van der Waals surface area contributed by atoms with Crippen LogP contribution in [0.1, 0.15) is 11.1 Å². The number of hydrogen-bond donors (Lipinski definition) is 2. The first-order valence-corrected chi connectivity index (χ1v) is 12.3. The molecule has 2 amide bonds. The molecule has 1 aliphatic heterocycles. The number of nitrogens with one attached hydrogen (secondary N) is 2. The Morgan fingerprint density at radius 3 is 2.56 bits per heavy atom. The van der Waals surface area contributed by atoms with Gasteiger partial charge >= 0.3 is 0 Å². The average Bonchev–Trinajstić information content (AvgIpc) is 3.20. The Bertz CT molecular complexity index is 1370. The summed E-state index contributed by atoms with van der Waals surface area (Å²) in [5.41, 5.74) is 3.13. The molecular formula is C26H21Cl2N3O4S. The lowest BCUT2D eigenvalue weighted by molar-refractivity contribution is -0.118. The van der Waals surface area contributed by atoms with Gasteiger partial charge in [0, 0.05) is 5.69 Å². The third-order valence-electron chi connectivity index (χ3n) is 4.96. The molecule has 3 aromatic carbocycles. The van der Waals surface area contributed by atoms with Gasteiger partial charge in [-0.1, -0.05) is 47.0 Å². The molecule has 184 valence electrons. The third-order valence-corrected chi connectivity index (χ3v) is 6.61. The molecule has 0 radical (unpaired) electrons. The van der Waals surface area contributed by atoms with E-state index in [9.17, 15) is 9.59 Å². The number of hydrogen-bond acceptors (Lipinski definition) is 6. The number of aryl methyl sites for hydroxylation is 1. The molecule has 0 unspecified atom stereocenters. The maximum Gasteiger partial charge on any atom is 0.264 e. The number of rotatable bonds is 7. The highest BCUT2D eigenvalue weighted by Crippen LogP contribution is 2.32. The van der Waals surface area contributed by atoms with Gasteiger partial charge in [0.25, 0.3) is 11.8 Å². The number of halogens is 2. The molecule has 1 heterocycles. The fourth-order valence-corrected chi connectivity index (χ4v) is 4.32. The van der Waals surface area contributed by atoms with Gasteiger partial charge in [-0.15, -0.1) is 0 Å². The quantitative estimate of drug-likeness (QED) is 0.346. The van der Waals surface area contributed by atoms with Gasteiger partial charge in [0.1, 0.15) is 0 Å². The van der Waals surface area contributed by atoms with Gasteiger partial charge in [0.2, 0.25) is 0 Å². The van der Waals surface area contributed by atoms with Crippen LogP contribution < -0.4 is 20.1 Å². The molecule has 0 bridgehead atoms. The van der Waals surface area contributed by atoms with Crippen molar-refractivity contribution in [3.05, 3.63) is 86.7 Å². The van der Waals surface area contributed by atoms with E-state index in [-0.39, 0.29) is 18.4 Å². The highest BCUT2D eigenvalue weighted by Gasteiger charge is 2.24. The minimum absolute atomic E-state index is 0.232. The molecule has 1 saturated heterocycles. The summed E-state index contributed by atoms with van der Waals surface area (Å²) in [6.45, 7) is 1.76. The number of aliphatic imine (C=N–C) groups is 1. The standard InChI is InChI=1S/C26H21Cl2N3O4S/c1-15-3-6-17(7-4-15)30-26-31-25(33)23(36-26)12-16-5-10-21(22(11-16)34-2)35-14-24(32)29-18-8-9-19(27)20(28)13-18/h3-13H,14H2,1-2H3,(H,29,32)(H,30,31,33)/b23-12+. The minimum atomic E-state index is -0.374. The molecule has 0 spiro atoms. The lowest BCUT2D eigenvalue weighted by Gasteiger charge is -2.12. The highest BCUT2D eigenvalue weighted by molar-refractivity contribution is 8.18. The number of methoxy groups -OCH3 is 1. The van der Waals surface area contributed by atoms with Crippen LogP contribution in [0, 0.1) is 6.92 Å². The molecule has 4 rings (SSSR count). The van der Waals surface area contributed by atoms with Gasteiger partial charge in [-0.2, -0.15) is 0 Å². The van der Waals surface area contributed by atoms with Gasteiger partial charge in [-0.05, 0) is 72.8 Å². The molecule has 36 heavy (non-hydrogen) atoms. The van der Waals surface area contributed by atoms with Crippen LogP contribution in [-0.4, -0.2) is 30.7 Å². The molecule has 0 aliphatic carbocycles. The molecule has 3 aromatic rings. The van der Waals surface area contributed by atoms with Crippen molar-refractivity contribution in [3.63, 3.8) is 0 Å². The fourth-order valence-electron chi connectivity index (χ4n) is 3.18. The Kier molecular flexibility index (Phi) is 8.20. The second kappa shape index (κ2) is 11.5. The normalized spacial score (nSPS) is 15.2. The van der Waals surface area contributed by atoms with Crippen LogP contribution in [0.25, 0.3) is 6.08 Å². The average molecular weight is 542 g/mol. The predicted octanol–water partition coefficient (Wildman–Crippen LogP) is 6.22. The highest BCUT2D eigenvalue weighted by atomic mass is 35.5. The Morgan fingerprint density at radius 1 is 1.06 bits per heavy atom. The molecule has 0 saturated carbocycles. The van der Waals surface area contributed by atoms with Crippen LogP contribution in [0.2, 0.25) is 10.0 Å². The van der Waals surface area contributed by atoms with Crippen molar-refractivity contribution in [2.75, 3.05) is 19.0 Å². The van der Waals surface area contributed by atoms with Crippen LogP contribution >= 0.6 is 35.0 Å². The molecule has 10 heteroatoms. The topological polar surface area (TPSA) is 89.0 Å². The summed E-state index contributed by atoms with van der Waals surface area (Å²) in [7, 11) is 1.50. The van der Waals surface area contributed by atoms with E-state index >= 15 is 0 Å². The van der Waals surface area contributed by atoms with Gasteiger partial charge in [0.15, 0.2) is 23.3 Å². The zero-order chi connectivity index (χ0) is 25.7. The van der Waals surface area contributed by atoms with Crippen molar-refractivity contribution in [3.8, 4) is 11.5 Å². The van der Waals surface area contributed by atoms with Crippen molar-refractivity contribution in [1.82, 2.24) is 5.32 Å². The summed E-state index contributed by atoms with van der Waals surface area (Å²) in [5.74, 6) is 0.197. The smallest absolute Gasteiger partial charge is 0.264 e. The lowest BCUT2D eigenvalue weighted by Crippen LogP contribution is -2.20. The maximum atomic E-state index is 12.4. The first-order valence-electron chi connectivity index (χ1n) is 10.7. The third kappa shape index (κ3) is 6.60. The molecule has 1 fully saturated rings. The largest absolute Gasteiger partial charge is 0.493 e. The first kappa shape index (κ1) is 25.6. The number of ether oxygens (including phenoxy) is 2. The minimum Gasteiger partial charge on any atom is -0.493 e. The summed E-state index contributed by atoms with van der Waals surface area (Å²) < 4.78 is 11.1. The number of anilines is 1. The van der Waals surface area contributed by atoms with Gasteiger partial charge < -0.3 is 20.1 Å². The lowest BCUT2D eigenvalue weighted by atomic mass is 10.2. The van der Waals surface area contributed by atoms with Crippen molar-refractivity contribution in [2.24, 2.45) is 4.99 Å². The summed E-state index contributed by atoms with van der Waals surface area (Å²) in [5, 5.41) is 6.71. The Morgan fingerprint density at radius 2 is 1.83 bits per heavy atom. The van der Waals surface area contributed by atoms with E-state index in [0.29, 0.717) is 37.3 Å². The number of nitrogens with zero attached hydrogens (tertiary/aromatic N) is 1. The van der Waals surface area contributed by atoms with Gasteiger partial charge in [-0.3, -0.25) is 9.59 Å². The number of amidine groups is 1. The Labute approximate surface area is 222 Å². The van der Waals surface area contributed by atoms with Crippen LogP contribution in [0.5, 0.6) is 11.5 Å². The van der Waals surface area contributed by atoms with Crippen LogP contribution in [0.4, 0.5) is 11.4 Å². The van der Waals surface area contributed by atoms with Crippen LogP contribution in [-0.2, 0) is 9.59 Å². The Hall–Kier alpha value is -3.46. The van der Waals surface area contributed by atoms with E-state index in [1.807, 2.05) is 31.2 Å². The van der Waals surface area contributed by atoms with E-state index in [1.54, 1.807) is 42.5 Å². The van der Waals surface area contributed by atoms with Crippen molar-refractivity contribution < 1.29 is 19.1 Å². The monoisotopic (exact) mass is 541 g/mol. The molecule has 0 aromatic heterocycles. The molecule has 7 nitrogen and oxygen atoms in total. The van der Waals surface area contributed by atoms with Crippen molar-refractivity contribution in [2.45, 2.75) is 6.92 Å². The second-order valence-electron chi connectivity index (χ2n) is 7.69. The molecule has 0 atom stereocenters. The second-order valence-corrected chi connectivity index (χ2v) is 9.54. The number of thioether (sulfide) groups is 1. The fraction of sp³-hybridized carbons (Fsp3) is 0.115. The summed E-state index contributed by atoms with van der Waals surface area (Å²) in [6, 6.07) is 17.7. The van der Waals surface area contributed by atoms with Crippen LogP contribution in [0.15, 0.2) is 70.6 Å². The molecular weight excluding hydrogens is 521 g/mol. The maximum absolute atomic E-state index is 12.4. The van der Waals surface area contributed by atoms with Gasteiger partial charge in [0.05, 0.1) is 27.7 Å². The Balaban J connectivity index is 1.41. The van der Waals surface area contributed by atoms with E-state index in [0.717, 1.165) is 16.8 Å². The summed E-state index contributed by atoms with van der Waals surface area (Å²) >= 11 is 13.1. The first-order chi connectivity index (χ1) is 17.3. The zero-order valence-electron chi connectivity index (χ0n) is 19.3. The van der Waals surface area contributed by atoms with E-state index in [1.165, 1.54) is 18.9 Å². The number of amides is 2. The summed E-state index contributed by atoms with van der Waals surface area (Å²) in [4.78, 5) is 29.7. The number of carbonyl (C=O) groups is 2. The predicted molar refractivity (Wildman–Crippen MR) is 146 cm³/mol. The van der Waals surface area contributed by atoms with Crippen LogP contribution in [0.3, 0.4) is 0 Å². The van der Waals surface area contributed by atoms with E-state index < -0.39 is 0 Å². The van der Waals surface area contributed by atoms with Gasteiger partial charge in [-0.25, -0.2) is 4.99 Å². The molecule has 1 aliphatic rings. The summed E-state index contributed by atoms with van der Waals surface area (Å²) in [6.07, 6.45) is 1.74. The van der Waals surface area contributed by atoms with E-state index in [2.05, 4.69) is 15.6 Å². The molecule has 2 N–H and O–H groups in total. The van der Waals surface area contributed by atoms with E-state index in [4.69, 9.17) is 32.7 Å².